The van der Waals surface area contributed by atoms with Crippen molar-refractivity contribution in [3.63, 3.8) is 0 Å². The molecule has 1 aliphatic rings. The van der Waals surface area contributed by atoms with Crippen LogP contribution in [0, 0.1) is 11.3 Å². The molecule has 1 aromatic rings. The van der Waals surface area contributed by atoms with E-state index in [0.717, 1.165) is 10.0 Å². The number of nitriles is 1. The Morgan fingerprint density at radius 3 is 2.54 bits per heavy atom. The third-order valence-corrected chi connectivity index (χ3v) is 4.30. The number of carbonyl (C=O) groups is 2. The number of carbonyl (C=O) groups excluding carboxylic acids is 2. The van der Waals surface area contributed by atoms with Crippen LogP contribution >= 0.6 is 15.9 Å². The van der Waals surface area contributed by atoms with Crippen LogP contribution in [0.25, 0.3) is 0 Å². The molecule has 1 saturated heterocycles. The SMILES string of the molecule is CC(=O)N1CCN(C(=O)/C(C#N)=C\NCc2cccc(Br)c2)CC1. The predicted molar refractivity (Wildman–Crippen MR) is 93.5 cm³/mol. The van der Waals surface area contributed by atoms with Gasteiger partial charge in [-0.25, -0.2) is 0 Å². The number of amides is 2. The fraction of sp³-hybridized carbons (Fsp3) is 0.353. The van der Waals surface area contributed by atoms with Gasteiger partial charge in [-0.2, -0.15) is 5.26 Å². The van der Waals surface area contributed by atoms with E-state index in [4.69, 9.17) is 0 Å². The van der Waals surface area contributed by atoms with Gasteiger partial charge in [-0.1, -0.05) is 28.1 Å². The van der Waals surface area contributed by atoms with E-state index in [0.29, 0.717) is 32.7 Å². The summed E-state index contributed by atoms with van der Waals surface area (Å²) >= 11 is 3.40. The quantitative estimate of drug-likeness (QED) is 0.626. The predicted octanol–water partition coefficient (Wildman–Crippen LogP) is 1.64. The highest BCUT2D eigenvalue weighted by molar-refractivity contribution is 9.10. The molecule has 0 aliphatic carbocycles. The lowest BCUT2D eigenvalue weighted by Crippen LogP contribution is -2.50. The maximum absolute atomic E-state index is 12.4. The van der Waals surface area contributed by atoms with Crippen molar-refractivity contribution < 1.29 is 9.59 Å². The van der Waals surface area contributed by atoms with Crippen molar-refractivity contribution in [1.82, 2.24) is 15.1 Å². The van der Waals surface area contributed by atoms with Crippen molar-refractivity contribution in [2.75, 3.05) is 26.2 Å². The number of halogens is 1. The van der Waals surface area contributed by atoms with Gasteiger partial charge in [0.15, 0.2) is 0 Å². The summed E-state index contributed by atoms with van der Waals surface area (Å²) in [5, 5.41) is 12.2. The molecule has 1 fully saturated rings. The van der Waals surface area contributed by atoms with Crippen LogP contribution in [-0.2, 0) is 16.1 Å². The van der Waals surface area contributed by atoms with Gasteiger partial charge in [0, 0.05) is 50.3 Å². The first kappa shape index (κ1) is 18.0. The summed E-state index contributed by atoms with van der Waals surface area (Å²) in [5.74, 6) is -0.295. The highest BCUT2D eigenvalue weighted by Gasteiger charge is 2.24. The molecule has 0 bridgehead atoms. The summed E-state index contributed by atoms with van der Waals surface area (Å²) in [6.45, 7) is 3.95. The maximum Gasteiger partial charge on any atom is 0.266 e. The second-order valence-corrected chi connectivity index (χ2v) is 6.39. The van der Waals surface area contributed by atoms with Crippen LogP contribution in [0.4, 0.5) is 0 Å². The van der Waals surface area contributed by atoms with Crippen LogP contribution in [0.5, 0.6) is 0 Å². The van der Waals surface area contributed by atoms with Gasteiger partial charge >= 0.3 is 0 Å². The Morgan fingerprint density at radius 2 is 1.96 bits per heavy atom. The maximum atomic E-state index is 12.4. The first-order valence-electron chi connectivity index (χ1n) is 7.64. The van der Waals surface area contributed by atoms with Crippen LogP contribution in [0.2, 0.25) is 0 Å². The van der Waals surface area contributed by atoms with Crippen molar-refractivity contribution in [1.29, 1.82) is 5.26 Å². The number of hydrogen-bond acceptors (Lipinski definition) is 4. The van der Waals surface area contributed by atoms with Crippen molar-refractivity contribution in [3.8, 4) is 6.07 Å². The zero-order chi connectivity index (χ0) is 17.5. The Hall–Kier alpha value is -2.33. The third kappa shape index (κ3) is 4.83. The summed E-state index contributed by atoms with van der Waals surface area (Å²) in [7, 11) is 0. The fourth-order valence-electron chi connectivity index (χ4n) is 2.45. The van der Waals surface area contributed by atoms with Gasteiger partial charge in [0.25, 0.3) is 5.91 Å². The van der Waals surface area contributed by atoms with Crippen LogP contribution in [0.1, 0.15) is 12.5 Å². The lowest BCUT2D eigenvalue weighted by atomic mass is 10.2. The molecule has 0 radical (unpaired) electrons. The van der Waals surface area contributed by atoms with Gasteiger partial charge in [0.05, 0.1) is 0 Å². The second kappa shape index (κ2) is 8.50. The molecule has 1 aromatic carbocycles. The number of rotatable bonds is 4. The lowest BCUT2D eigenvalue weighted by Gasteiger charge is -2.34. The Bertz CT molecular complexity index is 688. The molecule has 126 valence electrons. The molecule has 0 saturated carbocycles. The minimum atomic E-state index is -0.303. The average Bonchev–Trinajstić information content (AvgIpc) is 2.58. The average molecular weight is 391 g/mol. The number of benzene rings is 1. The summed E-state index contributed by atoms with van der Waals surface area (Å²) in [4.78, 5) is 27.0. The zero-order valence-electron chi connectivity index (χ0n) is 13.5. The van der Waals surface area contributed by atoms with Gasteiger partial charge in [0.1, 0.15) is 11.6 Å². The fourth-order valence-corrected chi connectivity index (χ4v) is 2.90. The van der Waals surface area contributed by atoms with Crippen LogP contribution in [0.3, 0.4) is 0 Å². The number of piperazine rings is 1. The van der Waals surface area contributed by atoms with Gasteiger partial charge < -0.3 is 15.1 Å². The van der Waals surface area contributed by atoms with E-state index in [2.05, 4.69) is 21.2 Å². The largest absolute Gasteiger partial charge is 0.386 e. The Kier molecular flexibility index (Phi) is 6.38. The molecule has 2 amide bonds. The van der Waals surface area contributed by atoms with Crippen molar-refractivity contribution >= 4 is 27.7 Å². The van der Waals surface area contributed by atoms with Gasteiger partial charge in [-0.05, 0) is 17.7 Å². The van der Waals surface area contributed by atoms with Crippen LogP contribution in [-0.4, -0.2) is 47.8 Å². The molecule has 24 heavy (non-hydrogen) atoms. The van der Waals surface area contributed by atoms with E-state index in [1.54, 1.807) is 9.80 Å². The van der Waals surface area contributed by atoms with Gasteiger partial charge in [0.2, 0.25) is 5.91 Å². The second-order valence-electron chi connectivity index (χ2n) is 5.48. The molecule has 1 N–H and O–H groups in total. The summed E-state index contributed by atoms with van der Waals surface area (Å²) in [5.41, 5.74) is 1.11. The molecule has 0 atom stereocenters. The highest BCUT2D eigenvalue weighted by Crippen LogP contribution is 2.11. The standard InChI is InChI=1S/C17H19BrN4O2/c1-13(23)21-5-7-22(8-6-21)17(24)15(10-19)12-20-11-14-3-2-4-16(18)9-14/h2-4,9,12,20H,5-8,11H2,1H3/b15-12-. The van der Waals surface area contributed by atoms with Gasteiger partial charge in [-0.15, -0.1) is 0 Å². The molecular weight excluding hydrogens is 372 g/mol. The van der Waals surface area contributed by atoms with Crippen LogP contribution < -0.4 is 5.32 Å². The topological polar surface area (TPSA) is 76.4 Å². The van der Waals surface area contributed by atoms with E-state index in [-0.39, 0.29) is 17.4 Å². The highest BCUT2D eigenvalue weighted by atomic mass is 79.9. The van der Waals surface area contributed by atoms with Crippen molar-refractivity contribution in [3.05, 3.63) is 46.1 Å². The molecule has 0 spiro atoms. The summed E-state index contributed by atoms with van der Waals surface area (Å²) < 4.78 is 0.978. The Balaban J connectivity index is 1.92. The van der Waals surface area contributed by atoms with E-state index in [1.807, 2.05) is 30.3 Å². The summed E-state index contributed by atoms with van der Waals surface area (Å²) in [6.07, 6.45) is 1.46. The number of nitrogens with one attached hydrogen (secondary N) is 1. The van der Waals surface area contributed by atoms with E-state index < -0.39 is 0 Å². The van der Waals surface area contributed by atoms with Crippen molar-refractivity contribution in [2.24, 2.45) is 0 Å². The molecule has 7 heteroatoms. The van der Waals surface area contributed by atoms with E-state index in [9.17, 15) is 14.9 Å². The third-order valence-electron chi connectivity index (χ3n) is 3.80. The summed E-state index contributed by atoms with van der Waals surface area (Å²) in [6, 6.07) is 9.74. The number of hydrogen-bond donors (Lipinski definition) is 1. The molecule has 1 aliphatic heterocycles. The van der Waals surface area contributed by atoms with E-state index in [1.165, 1.54) is 13.1 Å². The monoisotopic (exact) mass is 390 g/mol. The minimum Gasteiger partial charge on any atom is -0.386 e. The van der Waals surface area contributed by atoms with Gasteiger partial charge in [-0.3, -0.25) is 9.59 Å². The molecule has 6 nitrogen and oxygen atoms in total. The number of nitrogens with zero attached hydrogens (tertiary/aromatic N) is 3. The zero-order valence-corrected chi connectivity index (χ0v) is 15.0. The first-order chi connectivity index (χ1) is 11.5. The van der Waals surface area contributed by atoms with Crippen LogP contribution in [0.15, 0.2) is 40.5 Å². The lowest BCUT2D eigenvalue weighted by molar-refractivity contribution is -0.136. The normalized spacial score (nSPS) is 15.0. The Morgan fingerprint density at radius 1 is 1.29 bits per heavy atom. The molecule has 0 aromatic heterocycles. The molecule has 2 rings (SSSR count). The smallest absolute Gasteiger partial charge is 0.266 e. The minimum absolute atomic E-state index is 0.00818. The Labute approximate surface area is 149 Å². The first-order valence-corrected chi connectivity index (χ1v) is 8.43. The van der Waals surface area contributed by atoms with Crippen molar-refractivity contribution in [2.45, 2.75) is 13.5 Å². The molecule has 0 unspecified atom stereocenters. The van der Waals surface area contributed by atoms with E-state index >= 15 is 0 Å². The molecule has 1 heterocycles. The molecular formula is C17H19BrN4O2.